The number of carbonyl (C=O) groups excluding carboxylic acids is 1. The molecule has 90 valence electrons. The molecule has 0 unspecified atom stereocenters. The lowest BCUT2D eigenvalue weighted by atomic mass is 10.1. The highest BCUT2D eigenvalue weighted by Crippen LogP contribution is 2.17. The zero-order valence-electron chi connectivity index (χ0n) is 9.65. The van der Waals surface area contributed by atoms with Crippen LogP contribution in [-0.4, -0.2) is 30.0 Å². The number of nitrogens with zero attached hydrogens (tertiary/aromatic N) is 1. The fourth-order valence-corrected chi connectivity index (χ4v) is 1.74. The van der Waals surface area contributed by atoms with Crippen LogP contribution in [0.1, 0.15) is 17.3 Å². The average Bonchev–Trinajstić information content (AvgIpc) is 2.23. The molecule has 0 aromatic heterocycles. The van der Waals surface area contributed by atoms with Gasteiger partial charge in [0.25, 0.3) is 5.91 Å². The molecule has 0 aliphatic carbocycles. The summed E-state index contributed by atoms with van der Waals surface area (Å²) in [6.45, 7) is 6.55. The van der Waals surface area contributed by atoms with E-state index in [1.165, 1.54) is 24.3 Å². The normalized spacial score (nSPS) is 15.3. The molecule has 1 amide bonds. The molecule has 0 N–H and O–H groups in total. The van der Waals surface area contributed by atoms with E-state index in [9.17, 15) is 9.18 Å². The number of halogens is 1. The van der Waals surface area contributed by atoms with Gasteiger partial charge in [-0.05, 0) is 31.2 Å². The van der Waals surface area contributed by atoms with Gasteiger partial charge in [-0.1, -0.05) is 6.58 Å². The van der Waals surface area contributed by atoms with Gasteiger partial charge in [0.1, 0.15) is 11.9 Å². The minimum atomic E-state index is -0.339. The first-order valence-electron chi connectivity index (χ1n) is 5.43. The maximum absolute atomic E-state index is 12.7. The molecule has 1 aromatic carbocycles. The van der Waals surface area contributed by atoms with Gasteiger partial charge in [0, 0.05) is 5.56 Å². The zero-order chi connectivity index (χ0) is 12.4. The smallest absolute Gasteiger partial charge is 0.254 e. The number of allylic oxidation sites excluding steroid dienone is 1. The standard InChI is InChI=1S/C13H14FNO2/c1-9(2)17-12-7-15(8-12)13(16)10-3-5-11(14)6-4-10/h3-6,12H,1,7-8H2,2H3. The van der Waals surface area contributed by atoms with Crippen molar-refractivity contribution >= 4 is 5.91 Å². The molecule has 1 fully saturated rings. The van der Waals surface area contributed by atoms with Crippen LogP contribution < -0.4 is 0 Å². The molecule has 17 heavy (non-hydrogen) atoms. The number of amides is 1. The minimum absolute atomic E-state index is 0.0388. The maximum atomic E-state index is 12.7. The second-order valence-corrected chi connectivity index (χ2v) is 4.16. The van der Waals surface area contributed by atoms with Crippen LogP contribution in [0.3, 0.4) is 0 Å². The van der Waals surface area contributed by atoms with Gasteiger partial charge in [0.05, 0.1) is 18.8 Å². The van der Waals surface area contributed by atoms with Gasteiger partial charge >= 0.3 is 0 Å². The Morgan fingerprint density at radius 1 is 1.41 bits per heavy atom. The van der Waals surface area contributed by atoms with Crippen molar-refractivity contribution in [1.29, 1.82) is 0 Å². The quantitative estimate of drug-likeness (QED) is 0.752. The van der Waals surface area contributed by atoms with E-state index in [0.717, 1.165) is 0 Å². The van der Waals surface area contributed by atoms with Crippen molar-refractivity contribution in [3.05, 3.63) is 48.0 Å². The van der Waals surface area contributed by atoms with Crippen molar-refractivity contribution < 1.29 is 13.9 Å². The van der Waals surface area contributed by atoms with Crippen molar-refractivity contribution in [1.82, 2.24) is 4.90 Å². The van der Waals surface area contributed by atoms with E-state index in [-0.39, 0.29) is 17.8 Å². The van der Waals surface area contributed by atoms with Crippen LogP contribution in [0.5, 0.6) is 0 Å². The van der Waals surface area contributed by atoms with E-state index in [1.54, 1.807) is 11.8 Å². The second-order valence-electron chi connectivity index (χ2n) is 4.16. The molecule has 4 heteroatoms. The summed E-state index contributed by atoms with van der Waals surface area (Å²) in [4.78, 5) is 13.6. The van der Waals surface area contributed by atoms with Gasteiger partial charge < -0.3 is 9.64 Å². The van der Waals surface area contributed by atoms with E-state index in [4.69, 9.17) is 4.74 Å². The van der Waals surface area contributed by atoms with E-state index >= 15 is 0 Å². The third kappa shape index (κ3) is 2.64. The Balaban J connectivity index is 1.91. The SMILES string of the molecule is C=C(C)OC1CN(C(=O)c2ccc(F)cc2)C1. The molecule has 1 aliphatic rings. The lowest BCUT2D eigenvalue weighted by Gasteiger charge is -2.39. The van der Waals surface area contributed by atoms with E-state index < -0.39 is 0 Å². The molecular weight excluding hydrogens is 221 g/mol. The molecule has 1 aromatic rings. The predicted molar refractivity (Wildman–Crippen MR) is 62.0 cm³/mol. The summed E-state index contributed by atoms with van der Waals surface area (Å²) in [6, 6.07) is 5.55. The van der Waals surface area contributed by atoms with Crippen molar-refractivity contribution in [2.24, 2.45) is 0 Å². The number of hydrogen-bond acceptors (Lipinski definition) is 2. The molecule has 0 bridgehead atoms. The summed E-state index contributed by atoms with van der Waals surface area (Å²) < 4.78 is 18.1. The fourth-order valence-electron chi connectivity index (χ4n) is 1.74. The van der Waals surface area contributed by atoms with Crippen LogP contribution in [0.15, 0.2) is 36.6 Å². The molecule has 0 saturated carbocycles. The van der Waals surface area contributed by atoms with Crippen molar-refractivity contribution in [2.75, 3.05) is 13.1 Å². The van der Waals surface area contributed by atoms with E-state index in [1.807, 2.05) is 0 Å². The lowest BCUT2D eigenvalue weighted by molar-refractivity contribution is -0.0117. The minimum Gasteiger partial charge on any atom is -0.492 e. The number of benzene rings is 1. The molecule has 1 heterocycles. The molecule has 2 rings (SSSR count). The van der Waals surface area contributed by atoms with Crippen LogP contribution in [0, 0.1) is 5.82 Å². The molecule has 1 saturated heterocycles. The molecule has 0 spiro atoms. The van der Waals surface area contributed by atoms with Crippen molar-refractivity contribution in [2.45, 2.75) is 13.0 Å². The Morgan fingerprint density at radius 2 is 2.00 bits per heavy atom. The summed E-state index contributed by atoms with van der Waals surface area (Å²) >= 11 is 0. The average molecular weight is 235 g/mol. The first-order valence-corrected chi connectivity index (χ1v) is 5.43. The van der Waals surface area contributed by atoms with Crippen LogP contribution in [0.4, 0.5) is 4.39 Å². The second kappa shape index (κ2) is 4.57. The van der Waals surface area contributed by atoms with Crippen molar-refractivity contribution in [3.63, 3.8) is 0 Å². The summed E-state index contributed by atoms with van der Waals surface area (Å²) in [6.07, 6.45) is 0.0388. The van der Waals surface area contributed by atoms with Gasteiger partial charge in [0.2, 0.25) is 0 Å². The van der Waals surface area contributed by atoms with Crippen LogP contribution in [0.2, 0.25) is 0 Å². The van der Waals surface area contributed by atoms with Crippen LogP contribution in [0.25, 0.3) is 0 Å². The first kappa shape index (κ1) is 11.6. The van der Waals surface area contributed by atoms with Gasteiger partial charge in [-0.25, -0.2) is 4.39 Å². The van der Waals surface area contributed by atoms with Gasteiger partial charge in [-0.15, -0.1) is 0 Å². The topological polar surface area (TPSA) is 29.5 Å². The molecule has 0 radical (unpaired) electrons. The van der Waals surface area contributed by atoms with Gasteiger partial charge in [0.15, 0.2) is 0 Å². The third-order valence-corrected chi connectivity index (χ3v) is 2.59. The number of carbonyl (C=O) groups is 1. The Labute approximate surface area is 99.5 Å². The van der Waals surface area contributed by atoms with E-state index in [2.05, 4.69) is 6.58 Å². The number of hydrogen-bond donors (Lipinski definition) is 0. The Hall–Kier alpha value is -1.84. The highest BCUT2D eigenvalue weighted by atomic mass is 19.1. The summed E-state index contributed by atoms with van der Waals surface area (Å²) in [5.41, 5.74) is 0.500. The third-order valence-electron chi connectivity index (χ3n) is 2.59. The molecular formula is C13H14FNO2. The Bertz CT molecular complexity index is 435. The molecule has 0 atom stereocenters. The fraction of sp³-hybridized carbons (Fsp3) is 0.308. The summed E-state index contributed by atoms with van der Waals surface area (Å²) in [5, 5.41) is 0. The number of likely N-dealkylation sites (tertiary alicyclic amines) is 1. The Kier molecular flexibility index (Phi) is 3.13. The summed E-state index contributed by atoms with van der Waals surface area (Å²) in [7, 11) is 0. The lowest BCUT2D eigenvalue weighted by Crippen LogP contribution is -2.54. The van der Waals surface area contributed by atoms with Crippen LogP contribution >= 0.6 is 0 Å². The first-order chi connectivity index (χ1) is 8.06. The van der Waals surface area contributed by atoms with Crippen LogP contribution in [-0.2, 0) is 4.74 Å². The highest BCUT2D eigenvalue weighted by Gasteiger charge is 2.32. The van der Waals surface area contributed by atoms with Gasteiger partial charge in [-0.3, -0.25) is 4.79 Å². The summed E-state index contributed by atoms with van der Waals surface area (Å²) in [5.74, 6) is 0.226. The maximum Gasteiger partial charge on any atom is 0.254 e. The molecule has 1 aliphatic heterocycles. The monoisotopic (exact) mass is 235 g/mol. The van der Waals surface area contributed by atoms with E-state index in [0.29, 0.717) is 24.4 Å². The largest absolute Gasteiger partial charge is 0.492 e. The predicted octanol–water partition coefficient (Wildman–Crippen LogP) is 2.20. The highest BCUT2D eigenvalue weighted by molar-refractivity contribution is 5.94. The van der Waals surface area contributed by atoms with Crippen molar-refractivity contribution in [3.8, 4) is 0 Å². The number of rotatable bonds is 3. The zero-order valence-corrected chi connectivity index (χ0v) is 9.65. The number of ether oxygens (including phenoxy) is 1. The van der Waals surface area contributed by atoms with Gasteiger partial charge in [-0.2, -0.15) is 0 Å². The Morgan fingerprint density at radius 3 is 2.53 bits per heavy atom. The molecule has 3 nitrogen and oxygen atoms in total.